The second-order valence-corrected chi connectivity index (χ2v) is 10.0. The van der Waals surface area contributed by atoms with E-state index in [4.69, 9.17) is 9.47 Å². The number of allylic oxidation sites excluding steroid dienone is 1. The van der Waals surface area contributed by atoms with Gasteiger partial charge in [-0.2, -0.15) is 0 Å². The Kier molecular flexibility index (Phi) is 6.84. The molecule has 1 saturated heterocycles. The minimum Gasteiger partial charge on any atom is -0.462 e. The summed E-state index contributed by atoms with van der Waals surface area (Å²) in [6, 6.07) is 8.12. The third-order valence-corrected chi connectivity index (χ3v) is 8.02. The molecule has 3 heterocycles. The molecule has 2 aliphatic carbocycles. The molecule has 2 aromatic heterocycles. The van der Waals surface area contributed by atoms with Gasteiger partial charge in [0.1, 0.15) is 6.10 Å². The van der Waals surface area contributed by atoms with Crippen molar-refractivity contribution in [3.05, 3.63) is 54.6 Å². The van der Waals surface area contributed by atoms with Gasteiger partial charge < -0.3 is 14.8 Å². The van der Waals surface area contributed by atoms with Gasteiger partial charge in [-0.15, -0.1) is 0 Å². The van der Waals surface area contributed by atoms with Crippen molar-refractivity contribution in [2.45, 2.75) is 51.7 Å². The van der Waals surface area contributed by atoms with Crippen LogP contribution in [0.15, 0.2) is 48.9 Å². The number of amides is 1. The summed E-state index contributed by atoms with van der Waals surface area (Å²) in [7, 11) is 0. The first-order chi connectivity index (χ1) is 17.0. The summed E-state index contributed by atoms with van der Waals surface area (Å²) in [5, 5.41) is 3.01. The number of fused-ring (bicyclic) bond motifs is 2. The molecule has 3 aliphatic rings. The summed E-state index contributed by atoms with van der Waals surface area (Å²) in [5.41, 5.74) is 2.97. The zero-order valence-corrected chi connectivity index (χ0v) is 20.3. The Hall–Kier alpha value is -3.22. The fraction of sp³-hybridized carbons (Fsp3) is 0.500. The molecule has 0 unspecified atom stereocenters. The summed E-state index contributed by atoms with van der Waals surface area (Å²) in [6.45, 7) is 4.20. The molecule has 0 radical (unpaired) electrons. The highest BCUT2D eigenvalue weighted by Gasteiger charge is 2.54. The van der Waals surface area contributed by atoms with Gasteiger partial charge in [0.25, 0.3) is 0 Å². The van der Waals surface area contributed by atoms with Gasteiger partial charge in [0, 0.05) is 41.7 Å². The number of cyclic esters (lactones) is 1. The van der Waals surface area contributed by atoms with Gasteiger partial charge in [-0.3, -0.25) is 14.8 Å². The molecule has 1 amide bonds. The first-order valence-corrected chi connectivity index (χ1v) is 12.7. The maximum absolute atomic E-state index is 12.7. The minimum absolute atomic E-state index is 0.0706. The lowest BCUT2D eigenvalue weighted by molar-refractivity contribution is -0.144. The van der Waals surface area contributed by atoms with E-state index in [1.807, 2.05) is 44.4 Å². The van der Waals surface area contributed by atoms with Crippen LogP contribution in [-0.4, -0.2) is 40.8 Å². The number of pyridine rings is 2. The number of aromatic nitrogens is 2. The highest BCUT2D eigenvalue weighted by atomic mass is 16.6. The summed E-state index contributed by atoms with van der Waals surface area (Å²) in [4.78, 5) is 33.5. The molecule has 2 aromatic rings. The van der Waals surface area contributed by atoms with Crippen LogP contribution in [0.4, 0.5) is 4.79 Å². The quantitative estimate of drug-likeness (QED) is 0.620. The van der Waals surface area contributed by atoms with Crippen LogP contribution in [0.1, 0.15) is 45.2 Å². The molecule has 1 aliphatic heterocycles. The lowest BCUT2D eigenvalue weighted by Crippen LogP contribution is -2.48. The molecule has 5 rings (SSSR count). The van der Waals surface area contributed by atoms with Crippen LogP contribution in [0.25, 0.3) is 17.2 Å². The van der Waals surface area contributed by atoms with E-state index in [0.717, 1.165) is 42.5 Å². The van der Waals surface area contributed by atoms with Crippen molar-refractivity contribution in [2.24, 2.45) is 29.6 Å². The highest BCUT2D eigenvalue weighted by Crippen LogP contribution is 2.53. The van der Waals surface area contributed by atoms with Gasteiger partial charge >= 0.3 is 12.1 Å². The van der Waals surface area contributed by atoms with E-state index in [9.17, 15) is 9.59 Å². The van der Waals surface area contributed by atoms with Crippen LogP contribution in [0, 0.1) is 29.6 Å². The van der Waals surface area contributed by atoms with Gasteiger partial charge in [0.05, 0.1) is 18.2 Å². The Morgan fingerprint density at radius 1 is 1.20 bits per heavy atom. The summed E-state index contributed by atoms with van der Waals surface area (Å²) < 4.78 is 10.8. The van der Waals surface area contributed by atoms with Gasteiger partial charge in [0.15, 0.2) is 0 Å². The number of nitrogens with one attached hydrogen (secondary N) is 1. The monoisotopic (exact) mass is 475 g/mol. The zero-order chi connectivity index (χ0) is 24.4. The molecule has 3 fully saturated rings. The Balaban J connectivity index is 1.34. The third-order valence-electron chi connectivity index (χ3n) is 8.02. The second-order valence-electron chi connectivity index (χ2n) is 10.0. The Bertz CT molecular complexity index is 1070. The molecule has 0 aromatic carbocycles. The van der Waals surface area contributed by atoms with Crippen molar-refractivity contribution >= 4 is 18.1 Å². The van der Waals surface area contributed by atoms with E-state index in [0.29, 0.717) is 18.4 Å². The van der Waals surface area contributed by atoms with Crippen LogP contribution < -0.4 is 5.32 Å². The number of nitrogens with zero attached hydrogens (tertiary/aromatic N) is 2. The number of esters is 1. The molecule has 2 saturated carbocycles. The molecule has 0 bridgehead atoms. The Morgan fingerprint density at radius 3 is 2.80 bits per heavy atom. The number of hydrogen-bond acceptors (Lipinski definition) is 6. The molecule has 35 heavy (non-hydrogen) atoms. The van der Waals surface area contributed by atoms with Crippen LogP contribution >= 0.6 is 0 Å². The van der Waals surface area contributed by atoms with E-state index in [-0.39, 0.29) is 42.0 Å². The van der Waals surface area contributed by atoms with E-state index in [2.05, 4.69) is 33.5 Å². The van der Waals surface area contributed by atoms with E-state index in [1.165, 1.54) is 0 Å². The number of carbonyl (C=O) groups excluding carboxylic acids is 2. The van der Waals surface area contributed by atoms with Crippen molar-refractivity contribution in [1.82, 2.24) is 15.3 Å². The Labute approximate surface area is 206 Å². The van der Waals surface area contributed by atoms with Crippen LogP contribution in [0.2, 0.25) is 0 Å². The molecule has 1 N–H and O–H groups in total. The largest absolute Gasteiger partial charge is 0.462 e. The van der Waals surface area contributed by atoms with Crippen molar-refractivity contribution in [3.63, 3.8) is 0 Å². The number of ether oxygens (including phenoxy) is 2. The molecule has 7 nitrogen and oxygen atoms in total. The highest BCUT2D eigenvalue weighted by molar-refractivity contribution is 5.75. The topological polar surface area (TPSA) is 90.4 Å². The van der Waals surface area contributed by atoms with Crippen molar-refractivity contribution in [3.8, 4) is 11.1 Å². The smallest absolute Gasteiger partial charge is 0.407 e. The van der Waals surface area contributed by atoms with E-state index >= 15 is 0 Å². The van der Waals surface area contributed by atoms with Crippen LogP contribution in [0.3, 0.4) is 0 Å². The van der Waals surface area contributed by atoms with Crippen molar-refractivity contribution < 1.29 is 19.1 Å². The predicted molar refractivity (Wildman–Crippen MR) is 132 cm³/mol. The second kappa shape index (κ2) is 10.2. The molecular weight excluding hydrogens is 442 g/mol. The minimum atomic E-state index is -0.351. The molecule has 0 spiro atoms. The standard InChI is InChI=1S/C28H33N3O4/c1-3-34-28(33)31-22-9-10-23-20(13-22)14-25-26(17(2)35-27(25)32)24(23)11-8-21-7-6-19(16-30-21)18-5-4-12-29-15-18/h4-8,11-12,15-17,20,22-26H,3,9-10,13-14H2,1-2H3,(H,31,33)/b11-8+/t17-,20+,22-,23-,24+,25-,26+/m1/s1. The first-order valence-electron chi connectivity index (χ1n) is 12.7. The normalized spacial score (nSPS) is 31.9. The molecule has 7 atom stereocenters. The molecule has 184 valence electrons. The maximum atomic E-state index is 12.7. The van der Waals surface area contributed by atoms with Gasteiger partial charge in [-0.05, 0) is 75.5 Å². The fourth-order valence-electron chi connectivity index (χ4n) is 6.50. The van der Waals surface area contributed by atoms with Gasteiger partial charge in [-0.25, -0.2) is 4.79 Å². The van der Waals surface area contributed by atoms with Crippen LogP contribution in [-0.2, 0) is 14.3 Å². The van der Waals surface area contributed by atoms with Crippen molar-refractivity contribution in [1.29, 1.82) is 0 Å². The summed E-state index contributed by atoms with van der Waals surface area (Å²) in [6.07, 6.45) is 13.0. The van der Waals surface area contributed by atoms with E-state index in [1.54, 1.807) is 6.20 Å². The number of rotatable bonds is 5. The fourth-order valence-corrected chi connectivity index (χ4v) is 6.50. The lowest BCUT2D eigenvalue weighted by Gasteiger charge is -2.47. The number of alkyl carbamates (subject to hydrolysis) is 1. The molecule has 7 heteroatoms. The third kappa shape index (κ3) is 4.95. The lowest BCUT2D eigenvalue weighted by atomic mass is 9.57. The number of hydrogen-bond donors (Lipinski definition) is 1. The number of carbonyl (C=O) groups is 2. The average molecular weight is 476 g/mol. The SMILES string of the molecule is CCOC(=O)N[C@@H]1CC[C@@H]2[C@@H](C1)C[C@H]1C(=O)O[C@H](C)[C@H]1[C@H]2/C=C/c1ccc(-c2cccnc2)cn1. The van der Waals surface area contributed by atoms with E-state index < -0.39 is 0 Å². The van der Waals surface area contributed by atoms with Crippen molar-refractivity contribution in [2.75, 3.05) is 6.61 Å². The predicted octanol–water partition coefficient (Wildman–Crippen LogP) is 4.89. The van der Waals surface area contributed by atoms with Crippen LogP contribution in [0.5, 0.6) is 0 Å². The van der Waals surface area contributed by atoms with Gasteiger partial charge in [-0.1, -0.05) is 18.2 Å². The zero-order valence-electron chi connectivity index (χ0n) is 20.3. The first kappa shape index (κ1) is 23.5. The van der Waals surface area contributed by atoms with Gasteiger partial charge in [0.2, 0.25) is 0 Å². The summed E-state index contributed by atoms with van der Waals surface area (Å²) in [5.74, 6) is 1.10. The Morgan fingerprint density at radius 2 is 2.06 bits per heavy atom. The molecular formula is C28H33N3O4. The maximum Gasteiger partial charge on any atom is 0.407 e. The average Bonchev–Trinajstić information content (AvgIpc) is 3.15. The summed E-state index contributed by atoms with van der Waals surface area (Å²) >= 11 is 0.